The molecule has 92 valence electrons. The van der Waals surface area contributed by atoms with Crippen LogP contribution in [0.3, 0.4) is 0 Å². The second-order valence-corrected chi connectivity index (χ2v) is 4.43. The van der Waals surface area contributed by atoms with E-state index in [1.54, 1.807) is 6.08 Å². The maximum absolute atomic E-state index is 5.21. The summed E-state index contributed by atoms with van der Waals surface area (Å²) in [4.78, 5) is 0. The highest BCUT2D eigenvalue weighted by Gasteiger charge is 2.08. The predicted octanol–water partition coefficient (Wildman–Crippen LogP) is 3.67. The van der Waals surface area contributed by atoms with Gasteiger partial charge < -0.3 is 10.6 Å². The van der Waals surface area contributed by atoms with Crippen LogP contribution in [0, 0.1) is 0 Å². The fraction of sp³-hybridized carbons (Fsp3) is 0.357. The van der Waals surface area contributed by atoms with E-state index in [2.05, 4.69) is 49.3 Å². The number of rotatable bonds is 5. The smallest absolute Gasteiger partial charge is 0.171 e. The van der Waals surface area contributed by atoms with Crippen LogP contribution in [0.5, 0.6) is 0 Å². The fourth-order valence-corrected chi connectivity index (χ4v) is 1.79. The van der Waals surface area contributed by atoms with E-state index < -0.39 is 0 Å². The van der Waals surface area contributed by atoms with E-state index in [0.29, 0.717) is 17.6 Å². The normalized spacial score (nSPS) is 11.6. The van der Waals surface area contributed by atoms with Crippen molar-refractivity contribution in [1.29, 1.82) is 0 Å². The highest BCUT2D eigenvalue weighted by molar-refractivity contribution is 7.80. The summed E-state index contributed by atoms with van der Waals surface area (Å²) in [5.41, 5.74) is 2.39. The molecule has 0 aliphatic heterocycles. The summed E-state index contributed by atoms with van der Waals surface area (Å²) in [5, 5.41) is 6.94. The van der Waals surface area contributed by atoms with Crippen molar-refractivity contribution in [1.82, 2.24) is 5.32 Å². The molecule has 2 nitrogen and oxygen atoms in total. The van der Waals surface area contributed by atoms with Gasteiger partial charge in [0, 0.05) is 12.2 Å². The third-order valence-electron chi connectivity index (χ3n) is 2.76. The predicted molar refractivity (Wildman–Crippen MR) is 79.6 cm³/mol. The summed E-state index contributed by atoms with van der Waals surface area (Å²) in [6.45, 7) is 8.74. The van der Waals surface area contributed by atoms with Crippen molar-refractivity contribution in [2.45, 2.75) is 26.2 Å². The number of anilines is 1. The first-order valence-corrected chi connectivity index (χ1v) is 6.34. The molecule has 0 aliphatic rings. The Balaban J connectivity index is 2.76. The molecule has 0 saturated heterocycles. The molecule has 0 spiro atoms. The van der Waals surface area contributed by atoms with Gasteiger partial charge in [-0.05, 0) is 36.2 Å². The van der Waals surface area contributed by atoms with Gasteiger partial charge in [0.05, 0.1) is 0 Å². The minimum Gasteiger partial charge on any atom is -0.359 e. The van der Waals surface area contributed by atoms with Crippen LogP contribution in [-0.2, 0) is 0 Å². The van der Waals surface area contributed by atoms with E-state index in [1.165, 1.54) is 5.56 Å². The average molecular weight is 248 g/mol. The number of hydrogen-bond acceptors (Lipinski definition) is 1. The Labute approximate surface area is 109 Å². The van der Waals surface area contributed by atoms with Gasteiger partial charge in [-0.15, -0.1) is 6.58 Å². The molecule has 0 amide bonds. The first-order valence-electron chi connectivity index (χ1n) is 5.93. The van der Waals surface area contributed by atoms with Gasteiger partial charge in [-0.25, -0.2) is 0 Å². The number of para-hydroxylation sites is 1. The molecule has 0 aliphatic carbocycles. The molecule has 0 heterocycles. The third-order valence-corrected chi connectivity index (χ3v) is 3.01. The molecule has 1 unspecified atom stereocenters. The highest BCUT2D eigenvalue weighted by Crippen LogP contribution is 2.26. The van der Waals surface area contributed by atoms with Crippen molar-refractivity contribution in [2.24, 2.45) is 0 Å². The van der Waals surface area contributed by atoms with Crippen LogP contribution in [-0.4, -0.2) is 11.7 Å². The van der Waals surface area contributed by atoms with Gasteiger partial charge in [-0.3, -0.25) is 0 Å². The van der Waals surface area contributed by atoms with E-state index in [1.807, 2.05) is 6.07 Å². The first-order chi connectivity index (χ1) is 8.19. The van der Waals surface area contributed by atoms with Crippen molar-refractivity contribution in [3.63, 3.8) is 0 Å². The molecular formula is C14H20N2S. The monoisotopic (exact) mass is 248 g/mol. The molecule has 1 aromatic rings. The maximum atomic E-state index is 5.21. The summed E-state index contributed by atoms with van der Waals surface area (Å²) in [6.07, 6.45) is 2.90. The Hall–Kier alpha value is -1.35. The molecule has 0 saturated carbocycles. The molecule has 0 fully saturated rings. The molecule has 3 heteroatoms. The van der Waals surface area contributed by atoms with Gasteiger partial charge in [0.1, 0.15) is 0 Å². The molecule has 0 radical (unpaired) electrons. The molecule has 17 heavy (non-hydrogen) atoms. The third kappa shape index (κ3) is 4.19. The van der Waals surface area contributed by atoms with E-state index in [4.69, 9.17) is 12.2 Å². The van der Waals surface area contributed by atoms with Crippen molar-refractivity contribution in [2.75, 3.05) is 11.9 Å². The van der Waals surface area contributed by atoms with E-state index in [9.17, 15) is 0 Å². The van der Waals surface area contributed by atoms with E-state index in [-0.39, 0.29) is 0 Å². The Bertz CT molecular complexity index is 388. The van der Waals surface area contributed by atoms with Gasteiger partial charge in [0.25, 0.3) is 0 Å². The zero-order valence-electron chi connectivity index (χ0n) is 10.5. The Morgan fingerprint density at radius 2 is 2.18 bits per heavy atom. The lowest BCUT2D eigenvalue weighted by Gasteiger charge is -2.17. The van der Waals surface area contributed by atoms with Gasteiger partial charge in [0.15, 0.2) is 5.11 Å². The van der Waals surface area contributed by atoms with Crippen molar-refractivity contribution in [3.05, 3.63) is 42.5 Å². The van der Waals surface area contributed by atoms with Crippen molar-refractivity contribution >= 4 is 23.0 Å². The number of benzene rings is 1. The summed E-state index contributed by atoms with van der Waals surface area (Å²) in [5.74, 6) is 0.529. The quantitative estimate of drug-likeness (QED) is 0.614. The Kier molecular flexibility index (Phi) is 5.70. The van der Waals surface area contributed by atoms with Crippen LogP contribution in [0.4, 0.5) is 5.69 Å². The lowest BCUT2D eigenvalue weighted by Crippen LogP contribution is -2.28. The lowest BCUT2D eigenvalue weighted by atomic mass is 9.97. The lowest BCUT2D eigenvalue weighted by molar-refractivity contribution is 0.735. The molecule has 0 bridgehead atoms. The fourth-order valence-electron chi connectivity index (χ4n) is 1.59. The highest BCUT2D eigenvalue weighted by atomic mass is 32.1. The van der Waals surface area contributed by atoms with Crippen molar-refractivity contribution in [3.8, 4) is 0 Å². The molecule has 1 atom stereocenters. The summed E-state index contributed by atoms with van der Waals surface area (Å²) in [6, 6.07) is 8.28. The van der Waals surface area contributed by atoms with Crippen molar-refractivity contribution < 1.29 is 0 Å². The van der Waals surface area contributed by atoms with Crippen LogP contribution in [0.15, 0.2) is 36.9 Å². The molecule has 0 aromatic heterocycles. The molecule has 1 aromatic carbocycles. The minimum absolute atomic E-state index is 0.529. The number of thiocarbonyl (C=S) groups is 1. The van der Waals surface area contributed by atoms with Gasteiger partial charge >= 0.3 is 0 Å². The summed E-state index contributed by atoms with van der Waals surface area (Å²) in [7, 11) is 0. The van der Waals surface area contributed by atoms with E-state index >= 15 is 0 Å². The second-order valence-electron chi connectivity index (χ2n) is 4.02. The topological polar surface area (TPSA) is 24.1 Å². The maximum Gasteiger partial charge on any atom is 0.171 e. The average Bonchev–Trinajstić information content (AvgIpc) is 2.36. The SMILES string of the molecule is C=CCNC(=S)Nc1ccccc1C(C)CC. The standard InChI is InChI=1S/C14H20N2S/c1-4-10-15-14(17)16-13-9-7-6-8-12(13)11(3)5-2/h4,6-9,11H,1,5,10H2,2-3H3,(H2,15,16,17). The zero-order valence-corrected chi connectivity index (χ0v) is 11.3. The summed E-state index contributed by atoms with van der Waals surface area (Å²) >= 11 is 5.21. The second kappa shape index (κ2) is 7.07. The van der Waals surface area contributed by atoms with Crippen LogP contribution in [0.1, 0.15) is 31.7 Å². The molecule has 1 rings (SSSR count). The van der Waals surface area contributed by atoms with Gasteiger partial charge in [0.2, 0.25) is 0 Å². The minimum atomic E-state index is 0.529. The number of nitrogens with one attached hydrogen (secondary N) is 2. The Morgan fingerprint density at radius 3 is 2.82 bits per heavy atom. The van der Waals surface area contributed by atoms with Crippen LogP contribution < -0.4 is 10.6 Å². The van der Waals surface area contributed by atoms with Gasteiger partial charge in [-0.2, -0.15) is 0 Å². The first kappa shape index (κ1) is 13.7. The zero-order chi connectivity index (χ0) is 12.7. The number of hydrogen-bond donors (Lipinski definition) is 2. The molecular weight excluding hydrogens is 228 g/mol. The van der Waals surface area contributed by atoms with E-state index in [0.717, 1.165) is 12.1 Å². The van der Waals surface area contributed by atoms with Crippen LogP contribution in [0.25, 0.3) is 0 Å². The largest absolute Gasteiger partial charge is 0.359 e. The molecule has 2 N–H and O–H groups in total. The summed E-state index contributed by atoms with van der Waals surface area (Å²) < 4.78 is 0. The van der Waals surface area contributed by atoms with Crippen LogP contribution in [0.2, 0.25) is 0 Å². The van der Waals surface area contributed by atoms with Crippen LogP contribution >= 0.6 is 12.2 Å². The Morgan fingerprint density at radius 1 is 1.47 bits per heavy atom. The van der Waals surface area contributed by atoms with Gasteiger partial charge in [-0.1, -0.05) is 38.1 Å².